The molecule has 0 aliphatic heterocycles. The zero-order chi connectivity index (χ0) is 16.1. The Hall–Kier alpha value is -1.88. The van der Waals surface area contributed by atoms with Crippen molar-refractivity contribution >= 4 is 17.5 Å². The van der Waals surface area contributed by atoms with Crippen LogP contribution in [-0.2, 0) is 4.79 Å². The maximum atomic E-state index is 12.5. The Bertz CT molecular complexity index is 540. The van der Waals surface area contributed by atoms with Crippen LogP contribution in [0.3, 0.4) is 0 Å². The van der Waals surface area contributed by atoms with E-state index < -0.39 is 6.10 Å². The van der Waals surface area contributed by atoms with Gasteiger partial charge in [0.2, 0.25) is 5.91 Å². The van der Waals surface area contributed by atoms with Gasteiger partial charge in [0.25, 0.3) is 5.91 Å². The van der Waals surface area contributed by atoms with Crippen molar-refractivity contribution in [1.29, 1.82) is 0 Å². The van der Waals surface area contributed by atoms with Gasteiger partial charge >= 0.3 is 0 Å². The second-order valence-corrected chi connectivity index (χ2v) is 5.62. The Balaban J connectivity index is 2.18. The lowest BCUT2D eigenvalue weighted by molar-refractivity contribution is -0.122. The molecule has 1 fully saturated rings. The van der Waals surface area contributed by atoms with Gasteiger partial charge in [-0.1, -0.05) is 12.1 Å². The summed E-state index contributed by atoms with van der Waals surface area (Å²) in [4.78, 5) is 26.6. The van der Waals surface area contributed by atoms with E-state index in [0.717, 1.165) is 6.42 Å². The Morgan fingerprint density at radius 3 is 2.50 bits per heavy atom. The first-order valence-electron chi connectivity index (χ1n) is 7.95. The van der Waals surface area contributed by atoms with Gasteiger partial charge in [0.15, 0.2) is 0 Å². The van der Waals surface area contributed by atoms with Crippen LogP contribution in [0.15, 0.2) is 24.3 Å². The number of amides is 2. The van der Waals surface area contributed by atoms with Gasteiger partial charge in [0.05, 0.1) is 23.3 Å². The first-order chi connectivity index (χ1) is 10.6. The number of anilines is 1. The van der Waals surface area contributed by atoms with E-state index in [1.165, 1.54) is 0 Å². The molecule has 0 saturated heterocycles. The number of aliphatic hydroxyl groups excluding tert-OH is 1. The van der Waals surface area contributed by atoms with E-state index in [1.54, 1.807) is 29.2 Å². The number of benzene rings is 1. The highest BCUT2D eigenvalue weighted by atomic mass is 16.3. The molecule has 1 aliphatic rings. The molecule has 0 heterocycles. The second-order valence-electron chi connectivity index (χ2n) is 5.62. The summed E-state index contributed by atoms with van der Waals surface area (Å²) < 4.78 is 0. The van der Waals surface area contributed by atoms with E-state index in [-0.39, 0.29) is 17.7 Å². The second kappa shape index (κ2) is 7.40. The molecule has 1 aromatic carbocycles. The number of carbonyl (C=O) groups excluding carboxylic acids is 2. The highest BCUT2D eigenvalue weighted by Gasteiger charge is 2.32. The summed E-state index contributed by atoms with van der Waals surface area (Å²) in [5, 5.41) is 12.7. The number of hydrogen-bond acceptors (Lipinski definition) is 3. The first kappa shape index (κ1) is 16.5. The normalized spacial score (nSPS) is 20.7. The van der Waals surface area contributed by atoms with Crippen LogP contribution in [0.25, 0.3) is 0 Å². The topological polar surface area (TPSA) is 69.6 Å². The van der Waals surface area contributed by atoms with Crippen molar-refractivity contribution in [2.24, 2.45) is 5.92 Å². The Morgan fingerprint density at radius 1 is 1.23 bits per heavy atom. The lowest BCUT2D eigenvalue weighted by atomic mass is 10.0. The molecular weight excluding hydrogens is 280 g/mol. The molecule has 0 bridgehead atoms. The number of nitrogens with one attached hydrogen (secondary N) is 1. The molecule has 1 saturated carbocycles. The molecule has 22 heavy (non-hydrogen) atoms. The lowest BCUT2D eigenvalue weighted by Crippen LogP contribution is -2.33. The minimum atomic E-state index is -0.578. The van der Waals surface area contributed by atoms with E-state index in [4.69, 9.17) is 0 Å². The first-order valence-corrected chi connectivity index (χ1v) is 7.95. The van der Waals surface area contributed by atoms with Crippen LogP contribution in [0, 0.1) is 5.92 Å². The average Bonchev–Trinajstić information content (AvgIpc) is 2.95. The number of aliphatic hydroxyl groups is 1. The van der Waals surface area contributed by atoms with Gasteiger partial charge in [-0.2, -0.15) is 0 Å². The molecule has 0 radical (unpaired) electrons. The van der Waals surface area contributed by atoms with E-state index in [0.29, 0.717) is 37.2 Å². The number of hydrogen-bond donors (Lipinski definition) is 2. The van der Waals surface area contributed by atoms with Crippen molar-refractivity contribution in [2.75, 3.05) is 18.4 Å². The van der Waals surface area contributed by atoms with Crippen LogP contribution in [0.4, 0.5) is 5.69 Å². The summed E-state index contributed by atoms with van der Waals surface area (Å²) in [7, 11) is 0. The van der Waals surface area contributed by atoms with Crippen LogP contribution < -0.4 is 5.32 Å². The predicted molar refractivity (Wildman–Crippen MR) is 85.7 cm³/mol. The fourth-order valence-electron chi connectivity index (χ4n) is 2.93. The van der Waals surface area contributed by atoms with Gasteiger partial charge < -0.3 is 15.3 Å². The standard InChI is InChI=1S/C17H24N2O3/c1-3-19(4-2)17(22)12-8-5-6-10-14(12)18-16(21)13-9-7-11-15(13)20/h5-6,8,10,13,15,20H,3-4,7,9,11H2,1-2H3,(H,18,21). The van der Waals surface area contributed by atoms with Crippen molar-refractivity contribution in [3.63, 3.8) is 0 Å². The van der Waals surface area contributed by atoms with Crippen LogP contribution in [0.2, 0.25) is 0 Å². The lowest BCUT2D eigenvalue weighted by Gasteiger charge is -2.21. The van der Waals surface area contributed by atoms with Crippen LogP contribution in [-0.4, -0.2) is 41.0 Å². The molecule has 0 aromatic heterocycles. The fraction of sp³-hybridized carbons (Fsp3) is 0.529. The largest absolute Gasteiger partial charge is 0.392 e. The highest BCUT2D eigenvalue weighted by Crippen LogP contribution is 2.27. The molecule has 2 atom stereocenters. The predicted octanol–water partition coefficient (Wildman–Crippen LogP) is 2.27. The van der Waals surface area contributed by atoms with Crippen molar-refractivity contribution in [3.05, 3.63) is 29.8 Å². The summed E-state index contributed by atoms with van der Waals surface area (Å²) in [6.45, 7) is 5.10. The SMILES string of the molecule is CCN(CC)C(=O)c1ccccc1NC(=O)C1CCCC1O. The third kappa shape index (κ3) is 3.47. The van der Waals surface area contributed by atoms with Crippen LogP contribution in [0.1, 0.15) is 43.5 Å². The van der Waals surface area contributed by atoms with Crippen molar-refractivity contribution in [3.8, 4) is 0 Å². The van der Waals surface area contributed by atoms with Gasteiger partial charge in [0.1, 0.15) is 0 Å². The zero-order valence-corrected chi connectivity index (χ0v) is 13.2. The fourth-order valence-corrected chi connectivity index (χ4v) is 2.93. The summed E-state index contributed by atoms with van der Waals surface area (Å²) in [5.41, 5.74) is 1.01. The van der Waals surface area contributed by atoms with Crippen molar-refractivity contribution in [2.45, 2.75) is 39.2 Å². The molecule has 2 unspecified atom stereocenters. The maximum absolute atomic E-state index is 12.5. The molecular formula is C17H24N2O3. The van der Waals surface area contributed by atoms with Gasteiger partial charge in [-0.05, 0) is 45.2 Å². The molecule has 2 N–H and O–H groups in total. The van der Waals surface area contributed by atoms with Crippen molar-refractivity contribution in [1.82, 2.24) is 4.90 Å². The van der Waals surface area contributed by atoms with Gasteiger partial charge in [-0.25, -0.2) is 0 Å². The molecule has 5 nitrogen and oxygen atoms in total. The van der Waals surface area contributed by atoms with Crippen LogP contribution >= 0.6 is 0 Å². The van der Waals surface area contributed by atoms with E-state index in [1.807, 2.05) is 13.8 Å². The number of rotatable bonds is 5. The molecule has 1 aliphatic carbocycles. The van der Waals surface area contributed by atoms with Gasteiger partial charge in [-0.3, -0.25) is 9.59 Å². The third-order valence-electron chi connectivity index (χ3n) is 4.28. The summed E-state index contributed by atoms with van der Waals surface area (Å²) >= 11 is 0. The average molecular weight is 304 g/mol. The Labute approximate surface area is 131 Å². The monoisotopic (exact) mass is 304 g/mol. The number of nitrogens with zero attached hydrogens (tertiary/aromatic N) is 1. The minimum Gasteiger partial charge on any atom is -0.392 e. The molecule has 120 valence electrons. The summed E-state index contributed by atoms with van der Waals surface area (Å²) in [6.07, 6.45) is 1.64. The molecule has 2 rings (SSSR count). The van der Waals surface area contributed by atoms with Gasteiger partial charge in [-0.15, -0.1) is 0 Å². The molecule has 0 spiro atoms. The Morgan fingerprint density at radius 2 is 1.91 bits per heavy atom. The van der Waals surface area contributed by atoms with Gasteiger partial charge in [0, 0.05) is 13.1 Å². The van der Waals surface area contributed by atoms with E-state index in [9.17, 15) is 14.7 Å². The zero-order valence-electron chi connectivity index (χ0n) is 13.2. The minimum absolute atomic E-state index is 0.0899. The van der Waals surface area contributed by atoms with E-state index >= 15 is 0 Å². The van der Waals surface area contributed by atoms with E-state index in [2.05, 4.69) is 5.32 Å². The molecule has 1 aromatic rings. The number of carbonyl (C=O) groups is 2. The third-order valence-corrected chi connectivity index (χ3v) is 4.28. The molecule has 5 heteroatoms. The van der Waals surface area contributed by atoms with Crippen molar-refractivity contribution < 1.29 is 14.7 Å². The highest BCUT2D eigenvalue weighted by molar-refractivity contribution is 6.04. The molecule has 2 amide bonds. The van der Waals surface area contributed by atoms with Crippen LogP contribution in [0.5, 0.6) is 0 Å². The Kier molecular flexibility index (Phi) is 5.55. The summed E-state index contributed by atoms with van der Waals surface area (Å²) in [5.74, 6) is -0.672. The summed E-state index contributed by atoms with van der Waals surface area (Å²) in [6, 6.07) is 7.04. The smallest absolute Gasteiger partial charge is 0.255 e. The quantitative estimate of drug-likeness (QED) is 0.876. The maximum Gasteiger partial charge on any atom is 0.255 e. The number of para-hydroxylation sites is 1.